The van der Waals surface area contributed by atoms with Crippen LogP contribution in [0.15, 0.2) is 29.3 Å². The molecule has 1 aromatic heterocycles. The van der Waals surface area contributed by atoms with E-state index in [-0.39, 0.29) is 0 Å². The Morgan fingerprint density at radius 3 is 2.76 bits per heavy atom. The lowest BCUT2D eigenvalue weighted by Gasteiger charge is -2.28. The van der Waals surface area contributed by atoms with Gasteiger partial charge in [0.2, 0.25) is 5.88 Å². The molecule has 5 heteroatoms. The second kappa shape index (κ2) is 4.18. The molecule has 2 heterocycles. The monoisotopic (exact) mass is 233 g/mol. The number of hydrogen-bond acceptors (Lipinski definition) is 5. The van der Waals surface area contributed by atoms with Crippen molar-refractivity contribution < 1.29 is 9.84 Å². The number of aromatic nitrogens is 1. The van der Waals surface area contributed by atoms with E-state index >= 15 is 0 Å². The highest BCUT2D eigenvalue weighted by Crippen LogP contribution is 2.36. The van der Waals surface area contributed by atoms with Crippen molar-refractivity contribution >= 4 is 11.9 Å². The van der Waals surface area contributed by atoms with Crippen LogP contribution in [-0.2, 0) is 5.54 Å². The van der Waals surface area contributed by atoms with Gasteiger partial charge in [-0.25, -0.2) is 4.98 Å². The number of pyridine rings is 1. The molecule has 90 valence electrons. The third-order valence-electron chi connectivity index (χ3n) is 2.85. The number of rotatable bonds is 3. The largest absolute Gasteiger partial charge is 0.481 e. The summed E-state index contributed by atoms with van der Waals surface area (Å²) in [6.07, 6.45) is 4.47. The van der Waals surface area contributed by atoms with Gasteiger partial charge in [-0.2, -0.15) is 0 Å². The third-order valence-corrected chi connectivity index (χ3v) is 2.85. The van der Waals surface area contributed by atoms with Gasteiger partial charge in [0.15, 0.2) is 0 Å². The number of nitrogen functional groups attached to an aromatic ring is 1. The second-order valence-electron chi connectivity index (χ2n) is 3.93. The first kappa shape index (κ1) is 11.6. The summed E-state index contributed by atoms with van der Waals surface area (Å²) in [5.41, 5.74) is 6.00. The van der Waals surface area contributed by atoms with E-state index in [1.54, 1.807) is 37.4 Å². The zero-order chi connectivity index (χ0) is 12.5. The first-order valence-corrected chi connectivity index (χ1v) is 5.32. The molecule has 0 saturated carbocycles. The first-order chi connectivity index (χ1) is 8.10. The Kier molecular flexibility index (Phi) is 2.85. The molecular formula is C12H15N3O2. The summed E-state index contributed by atoms with van der Waals surface area (Å²) in [6, 6.07) is 3.38. The minimum Gasteiger partial charge on any atom is -0.481 e. The molecule has 5 nitrogen and oxygen atoms in total. The summed E-state index contributed by atoms with van der Waals surface area (Å²) in [5, 5.41) is 9.94. The van der Waals surface area contributed by atoms with E-state index < -0.39 is 11.6 Å². The fourth-order valence-corrected chi connectivity index (χ4v) is 1.87. The van der Waals surface area contributed by atoms with Gasteiger partial charge >= 0.3 is 0 Å². The van der Waals surface area contributed by atoms with E-state index in [1.165, 1.54) is 7.11 Å². The maximum atomic E-state index is 9.94. The zero-order valence-electron chi connectivity index (χ0n) is 9.79. The van der Waals surface area contributed by atoms with Crippen molar-refractivity contribution in [3.8, 4) is 5.88 Å². The van der Waals surface area contributed by atoms with E-state index in [9.17, 15) is 5.11 Å². The van der Waals surface area contributed by atoms with Gasteiger partial charge in [-0.1, -0.05) is 0 Å². The lowest BCUT2D eigenvalue weighted by molar-refractivity contribution is 0.128. The van der Waals surface area contributed by atoms with Gasteiger partial charge in [-0.3, -0.25) is 4.99 Å². The van der Waals surface area contributed by atoms with Crippen molar-refractivity contribution in [3.05, 3.63) is 30.0 Å². The van der Waals surface area contributed by atoms with Crippen molar-refractivity contribution in [2.24, 2.45) is 4.99 Å². The van der Waals surface area contributed by atoms with Gasteiger partial charge in [0.05, 0.1) is 18.9 Å². The predicted molar refractivity (Wildman–Crippen MR) is 66.2 cm³/mol. The molecule has 2 unspecified atom stereocenters. The van der Waals surface area contributed by atoms with Crippen molar-refractivity contribution in [2.45, 2.75) is 18.6 Å². The Balaban J connectivity index is 2.58. The van der Waals surface area contributed by atoms with E-state index in [2.05, 4.69) is 9.98 Å². The van der Waals surface area contributed by atoms with Crippen LogP contribution in [0.3, 0.4) is 0 Å². The second-order valence-corrected chi connectivity index (χ2v) is 3.93. The molecule has 1 aliphatic heterocycles. The van der Waals surface area contributed by atoms with Crippen LogP contribution < -0.4 is 10.5 Å². The molecule has 0 saturated heterocycles. The smallest absolute Gasteiger partial charge is 0.213 e. The molecule has 17 heavy (non-hydrogen) atoms. The van der Waals surface area contributed by atoms with Crippen molar-refractivity contribution in [1.29, 1.82) is 0 Å². The molecule has 0 radical (unpaired) electrons. The van der Waals surface area contributed by atoms with Crippen molar-refractivity contribution in [1.82, 2.24) is 4.98 Å². The predicted octanol–water partition coefficient (Wildman–Crippen LogP) is 0.889. The molecule has 0 fully saturated rings. The Bertz CT molecular complexity index is 469. The average molecular weight is 233 g/mol. The van der Waals surface area contributed by atoms with Gasteiger partial charge in [-0.05, 0) is 25.1 Å². The highest BCUT2D eigenvalue weighted by Gasteiger charge is 2.39. The average Bonchev–Trinajstić information content (AvgIpc) is 2.80. The third kappa shape index (κ3) is 1.78. The standard InChI is InChI=1S/C12H15N3O2/c1-8(16)12(6-3-7-14-12)11-9(13)4-5-10(15-11)17-2/h3-8,16H,13H2,1-2H3. The van der Waals surface area contributed by atoms with Crippen LogP contribution >= 0.6 is 0 Å². The SMILES string of the molecule is COc1ccc(N)c(C2(C(C)O)C=CC=N2)n1. The van der Waals surface area contributed by atoms with Crippen LogP contribution in [0.2, 0.25) is 0 Å². The molecule has 1 aromatic rings. The Morgan fingerprint density at radius 1 is 1.47 bits per heavy atom. The van der Waals surface area contributed by atoms with E-state index in [0.29, 0.717) is 17.3 Å². The highest BCUT2D eigenvalue weighted by molar-refractivity contribution is 5.76. The number of allylic oxidation sites excluding steroid dienone is 1. The highest BCUT2D eigenvalue weighted by atomic mass is 16.5. The van der Waals surface area contributed by atoms with E-state index in [4.69, 9.17) is 10.5 Å². The molecule has 2 atom stereocenters. The van der Waals surface area contributed by atoms with Gasteiger partial charge in [0.25, 0.3) is 0 Å². The Hall–Kier alpha value is -1.88. The van der Waals surface area contributed by atoms with Crippen molar-refractivity contribution in [2.75, 3.05) is 12.8 Å². The van der Waals surface area contributed by atoms with Crippen LogP contribution in [0.1, 0.15) is 12.6 Å². The van der Waals surface area contributed by atoms with Crippen molar-refractivity contribution in [3.63, 3.8) is 0 Å². The van der Waals surface area contributed by atoms with Gasteiger partial charge in [0.1, 0.15) is 11.2 Å². The number of aliphatic hydroxyl groups excluding tert-OH is 1. The van der Waals surface area contributed by atoms with Crippen LogP contribution in [-0.4, -0.2) is 29.5 Å². The number of aliphatic hydroxyl groups is 1. The van der Waals surface area contributed by atoms with Gasteiger partial charge < -0.3 is 15.6 Å². The molecule has 3 N–H and O–H groups in total. The number of hydrogen-bond donors (Lipinski definition) is 2. The first-order valence-electron chi connectivity index (χ1n) is 5.32. The number of anilines is 1. The molecule has 0 aliphatic carbocycles. The summed E-state index contributed by atoms with van der Waals surface area (Å²) >= 11 is 0. The normalized spacial score (nSPS) is 23.9. The molecule has 2 rings (SSSR count). The Labute approximate surface area is 99.7 Å². The quantitative estimate of drug-likeness (QED) is 0.812. The number of nitrogens with two attached hydrogens (primary N) is 1. The van der Waals surface area contributed by atoms with Crippen LogP contribution in [0.5, 0.6) is 5.88 Å². The molecule has 0 bridgehead atoms. The Morgan fingerprint density at radius 2 is 2.24 bits per heavy atom. The van der Waals surface area contributed by atoms with E-state index in [0.717, 1.165) is 0 Å². The number of aliphatic imine (C=N–C) groups is 1. The van der Waals surface area contributed by atoms with Crippen LogP contribution in [0.25, 0.3) is 0 Å². The maximum Gasteiger partial charge on any atom is 0.213 e. The minimum absolute atomic E-state index is 0.449. The zero-order valence-corrected chi connectivity index (χ0v) is 9.79. The maximum absolute atomic E-state index is 9.94. The summed E-state index contributed by atoms with van der Waals surface area (Å²) in [6.45, 7) is 1.66. The summed E-state index contributed by atoms with van der Waals surface area (Å²) in [5.74, 6) is 0.449. The molecule has 0 amide bonds. The van der Waals surface area contributed by atoms with Crippen LogP contribution in [0, 0.1) is 0 Å². The summed E-state index contributed by atoms with van der Waals surface area (Å²) < 4.78 is 5.07. The van der Waals surface area contributed by atoms with Gasteiger partial charge in [-0.15, -0.1) is 0 Å². The molecular weight excluding hydrogens is 218 g/mol. The summed E-state index contributed by atoms with van der Waals surface area (Å²) in [7, 11) is 1.53. The molecule has 0 aromatic carbocycles. The summed E-state index contributed by atoms with van der Waals surface area (Å²) in [4.78, 5) is 8.58. The number of ether oxygens (including phenoxy) is 1. The van der Waals surface area contributed by atoms with Crippen LogP contribution in [0.4, 0.5) is 5.69 Å². The molecule has 1 aliphatic rings. The number of methoxy groups -OCH3 is 1. The van der Waals surface area contributed by atoms with E-state index in [1.807, 2.05) is 0 Å². The topological polar surface area (TPSA) is 80.7 Å². The lowest BCUT2D eigenvalue weighted by Crippen LogP contribution is -2.34. The minimum atomic E-state index is -0.904. The lowest BCUT2D eigenvalue weighted by atomic mass is 9.89. The fourth-order valence-electron chi connectivity index (χ4n) is 1.87. The number of nitrogens with zero attached hydrogens (tertiary/aromatic N) is 2. The molecule has 0 spiro atoms. The fraction of sp³-hybridized carbons (Fsp3) is 0.333. The van der Waals surface area contributed by atoms with Gasteiger partial charge in [0, 0.05) is 12.3 Å².